The van der Waals surface area contributed by atoms with E-state index < -0.39 is 6.09 Å². The van der Waals surface area contributed by atoms with Gasteiger partial charge in [0.05, 0.1) is 19.0 Å². The number of carbonyl (C=O) groups excluding carboxylic acids is 1. The minimum absolute atomic E-state index is 0.0119. The molecule has 2 aromatic carbocycles. The molecule has 0 spiro atoms. The van der Waals surface area contributed by atoms with Gasteiger partial charge in [0.15, 0.2) is 12.2 Å². The van der Waals surface area contributed by atoms with Gasteiger partial charge in [-0.25, -0.2) is 19.7 Å². The van der Waals surface area contributed by atoms with E-state index in [2.05, 4.69) is 15.0 Å². The van der Waals surface area contributed by atoms with Gasteiger partial charge < -0.3 is 13.9 Å². The van der Waals surface area contributed by atoms with Crippen LogP contribution in [0, 0.1) is 13.8 Å². The highest BCUT2D eigenvalue weighted by molar-refractivity contribution is 6.28. The normalized spacial score (nSPS) is 10.6. The lowest BCUT2D eigenvalue weighted by atomic mass is 10.1. The van der Waals surface area contributed by atoms with Gasteiger partial charge in [-0.2, -0.15) is 4.98 Å². The van der Waals surface area contributed by atoms with Gasteiger partial charge in [0.1, 0.15) is 17.3 Å². The summed E-state index contributed by atoms with van der Waals surface area (Å²) < 4.78 is 16.7. The molecule has 2 aromatic heterocycles. The predicted octanol–water partition coefficient (Wildman–Crippen LogP) is 5.75. The van der Waals surface area contributed by atoms with Gasteiger partial charge in [0, 0.05) is 17.8 Å². The van der Waals surface area contributed by atoms with E-state index in [9.17, 15) is 4.79 Å². The van der Waals surface area contributed by atoms with Crippen LogP contribution in [0.2, 0.25) is 5.28 Å². The second kappa shape index (κ2) is 9.07. The molecule has 0 N–H and O–H groups in total. The molecular formula is C23H19ClN4O4. The van der Waals surface area contributed by atoms with Crippen molar-refractivity contribution >= 4 is 29.2 Å². The van der Waals surface area contributed by atoms with Crippen LogP contribution in [0.5, 0.6) is 11.5 Å². The first-order valence-electron chi connectivity index (χ1n) is 9.61. The summed E-state index contributed by atoms with van der Waals surface area (Å²) in [6, 6.07) is 12.4. The standard InChI is InChI=1S/C23H19ClN4O4/c1-14-5-4-6-15(2)21(14)32-23(29)28(20-9-10-26-22(24)27-20)18-8-7-16(30-3)11-17(18)19-12-25-13-31-19/h4-13H,1-3H3. The first kappa shape index (κ1) is 21.3. The van der Waals surface area contributed by atoms with Crippen molar-refractivity contribution in [1.82, 2.24) is 15.0 Å². The van der Waals surface area contributed by atoms with Gasteiger partial charge in [0.2, 0.25) is 5.28 Å². The predicted molar refractivity (Wildman–Crippen MR) is 120 cm³/mol. The number of rotatable bonds is 5. The van der Waals surface area contributed by atoms with E-state index in [-0.39, 0.29) is 11.1 Å². The fourth-order valence-electron chi connectivity index (χ4n) is 3.24. The third-order valence-electron chi connectivity index (χ3n) is 4.76. The highest BCUT2D eigenvalue weighted by Crippen LogP contribution is 2.38. The summed E-state index contributed by atoms with van der Waals surface area (Å²) in [5.74, 6) is 1.71. The zero-order chi connectivity index (χ0) is 22.7. The Balaban J connectivity index is 1.87. The van der Waals surface area contributed by atoms with E-state index >= 15 is 0 Å². The summed E-state index contributed by atoms with van der Waals surface area (Å²) in [4.78, 5) is 27.0. The molecule has 0 saturated carbocycles. The lowest BCUT2D eigenvalue weighted by molar-refractivity contribution is 0.209. The van der Waals surface area contributed by atoms with Crippen molar-refractivity contribution in [2.24, 2.45) is 0 Å². The van der Waals surface area contributed by atoms with Crippen molar-refractivity contribution in [3.63, 3.8) is 0 Å². The first-order valence-corrected chi connectivity index (χ1v) is 9.99. The van der Waals surface area contributed by atoms with Crippen LogP contribution in [-0.2, 0) is 0 Å². The largest absolute Gasteiger partial charge is 0.497 e. The molecule has 0 atom stereocenters. The molecule has 0 unspecified atom stereocenters. The summed E-state index contributed by atoms with van der Waals surface area (Å²) >= 11 is 6.03. The number of carbonyl (C=O) groups is 1. The van der Waals surface area contributed by atoms with Crippen LogP contribution in [0.15, 0.2) is 65.7 Å². The maximum Gasteiger partial charge on any atom is 0.425 e. The number of para-hydroxylation sites is 1. The van der Waals surface area contributed by atoms with Gasteiger partial charge in [-0.05, 0) is 54.8 Å². The Morgan fingerprint density at radius 2 is 1.91 bits per heavy atom. The fraction of sp³-hybridized carbons (Fsp3) is 0.130. The number of methoxy groups -OCH3 is 1. The van der Waals surface area contributed by atoms with E-state index in [4.69, 9.17) is 25.5 Å². The Labute approximate surface area is 189 Å². The third-order valence-corrected chi connectivity index (χ3v) is 4.95. The second-order valence-electron chi connectivity index (χ2n) is 6.86. The molecule has 32 heavy (non-hydrogen) atoms. The number of amides is 1. The summed E-state index contributed by atoms with van der Waals surface area (Å²) in [7, 11) is 1.55. The van der Waals surface area contributed by atoms with Gasteiger partial charge in [-0.15, -0.1) is 0 Å². The molecule has 8 nitrogen and oxygen atoms in total. The topological polar surface area (TPSA) is 90.6 Å². The van der Waals surface area contributed by atoms with E-state index in [1.54, 1.807) is 37.6 Å². The summed E-state index contributed by atoms with van der Waals surface area (Å²) in [6.07, 6.45) is 3.63. The minimum atomic E-state index is -0.678. The molecule has 2 heterocycles. The van der Waals surface area contributed by atoms with Crippen molar-refractivity contribution in [2.75, 3.05) is 12.0 Å². The molecule has 9 heteroatoms. The second-order valence-corrected chi connectivity index (χ2v) is 7.20. The number of aryl methyl sites for hydroxylation is 2. The molecule has 162 valence electrons. The molecular weight excluding hydrogens is 432 g/mol. The molecule has 0 saturated heterocycles. The molecule has 4 aromatic rings. The Hall–Kier alpha value is -3.91. The number of oxazole rings is 1. The maximum atomic E-state index is 13.5. The summed E-state index contributed by atoms with van der Waals surface area (Å²) in [6.45, 7) is 3.74. The molecule has 0 fully saturated rings. The molecule has 1 amide bonds. The number of nitrogens with zero attached hydrogens (tertiary/aromatic N) is 4. The van der Waals surface area contributed by atoms with Crippen LogP contribution in [0.25, 0.3) is 11.3 Å². The quantitative estimate of drug-likeness (QED) is 0.357. The van der Waals surface area contributed by atoms with Crippen molar-refractivity contribution in [2.45, 2.75) is 13.8 Å². The van der Waals surface area contributed by atoms with Crippen LogP contribution < -0.4 is 14.4 Å². The first-order chi connectivity index (χ1) is 15.5. The van der Waals surface area contributed by atoms with Crippen LogP contribution in [0.4, 0.5) is 16.3 Å². The molecule has 0 aliphatic heterocycles. The number of aromatic nitrogens is 3. The Bertz CT molecular complexity index is 1240. The maximum absolute atomic E-state index is 13.5. The number of ether oxygens (including phenoxy) is 2. The van der Waals surface area contributed by atoms with Gasteiger partial charge >= 0.3 is 6.09 Å². The van der Waals surface area contributed by atoms with Crippen LogP contribution in [-0.4, -0.2) is 28.2 Å². The molecule has 0 aliphatic rings. The third kappa shape index (κ3) is 4.26. The fourth-order valence-corrected chi connectivity index (χ4v) is 3.39. The monoisotopic (exact) mass is 450 g/mol. The SMILES string of the molecule is COc1ccc(N(C(=O)Oc2c(C)cccc2C)c2ccnc(Cl)n2)c(-c2cnco2)c1. The average molecular weight is 451 g/mol. The van der Waals surface area contributed by atoms with Crippen LogP contribution >= 0.6 is 11.6 Å². The van der Waals surface area contributed by atoms with Crippen molar-refractivity contribution in [1.29, 1.82) is 0 Å². The highest BCUT2D eigenvalue weighted by atomic mass is 35.5. The van der Waals surface area contributed by atoms with Crippen LogP contribution in [0.1, 0.15) is 11.1 Å². The number of anilines is 2. The smallest absolute Gasteiger partial charge is 0.425 e. The van der Waals surface area contributed by atoms with Crippen LogP contribution in [0.3, 0.4) is 0 Å². The number of halogens is 1. The Morgan fingerprint density at radius 3 is 2.56 bits per heavy atom. The van der Waals surface area contributed by atoms with Crippen molar-refractivity contribution < 1.29 is 18.7 Å². The van der Waals surface area contributed by atoms with E-state index in [0.29, 0.717) is 28.5 Å². The van der Waals surface area contributed by atoms with E-state index in [1.165, 1.54) is 17.5 Å². The molecule has 0 aliphatic carbocycles. The van der Waals surface area contributed by atoms with Crippen molar-refractivity contribution in [3.8, 4) is 22.8 Å². The highest BCUT2D eigenvalue weighted by Gasteiger charge is 2.27. The van der Waals surface area contributed by atoms with Gasteiger partial charge in [-0.3, -0.25) is 0 Å². The summed E-state index contributed by atoms with van der Waals surface area (Å²) in [5, 5.41) is -0.0119. The zero-order valence-electron chi connectivity index (χ0n) is 17.6. The number of benzene rings is 2. The lowest BCUT2D eigenvalue weighted by Gasteiger charge is -2.24. The Morgan fingerprint density at radius 1 is 1.12 bits per heavy atom. The lowest BCUT2D eigenvalue weighted by Crippen LogP contribution is -2.31. The number of hydrogen-bond acceptors (Lipinski definition) is 7. The Kier molecular flexibility index (Phi) is 6.04. The van der Waals surface area contributed by atoms with Gasteiger partial charge in [0.25, 0.3) is 0 Å². The minimum Gasteiger partial charge on any atom is -0.497 e. The average Bonchev–Trinajstić information content (AvgIpc) is 3.32. The molecule has 4 rings (SSSR count). The van der Waals surface area contributed by atoms with Gasteiger partial charge in [-0.1, -0.05) is 18.2 Å². The molecule has 0 radical (unpaired) electrons. The van der Waals surface area contributed by atoms with E-state index in [1.807, 2.05) is 32.0 Å². The number of hydrogen-bond donors (Lipinski definition) is 0. The zero-order valence-corrected chi connectivity index (χ0v) is 18.3. The summed E-state index contributed by atoms with van der Waals surface area (Å²) in [5.41, 5.74) is 2.64. The van der Waals surface area contributed by atoms with E-state index in [0.717, 1.165) is 11.1 Å². The molecule has 0 bridgehead atoms. The van der Waals surface area contributed by atoms with Crippen molar-refractivity contribution in [3.05, 3.63) is 77.7 Å².